The molecule has 1 aromatic heterocycles. The van der Waals surface area contributed by atoms with E-state index >= 15 is 0 Å². The molecule has 0 aliphatic heterocycles. The van der Waals surface area contributed by atoms with Gasteiger partial charge < -0.3 is 4.52 Å². The molecule has 1 aromatic carbocycles. The van der Waals surface area contributed by atoms with Crippen molar-refractivity contribution in [3.05, 3.63) is 42.0 Å². The van der Waals surface area contributed by atoms with E-state index in [1.165, 1.54) is 0 Å². The Balaban J connectivity index is 1.93. The molecule has 5 heteroatoms. The van der Waals surface area contributed by atoms with Crippen LogP contribution in [0.3, 0.4) is 0 Å². The smallest absolute Gasteiger partial charge is 0.240 e. The molecule has 0 spiro atoms. The second kappa shape index (κ2) is 5.33. The first-order valence-electron chi connectivity index (χ1n) is 4.75. The number of aromatic nitrogens is 2. The molecule has 0 bridgehead atoms. The quantitative estimate of drug-likeness (QED) is 0.756. The number of nitriles is 1. The van der Waals surface area contributed by atoms with E-state index in [0.29, 0.717) is 17.5 Å². The van der Waals surface area contributed by atoms with Gasteiger partial charge in [0.15, 0.2) is 5.82 Å². The van der Waals surface area contributed by atoms with Crippen molar-refractivity contribution in [3.63, 3.8) is 0 Å². The lowest BCUT2D eigenvalue weighted by atomic mass is 10.4. The molecule has 0 saturated carbocycles. The van der Waals surface area contributed by atoms with Crippen LogP contribution in [0, 0.1) is 11.3 Å². The average Bonchev–Trinajstić information content (AvgIpc) is 2.76. The number of benzene rings is 1. The van der Waals surface area contributed by atoms with Gasteiger partial charge in [-0.3, -0.25) is 0 Å². The molecule has 1 heterocycles. The normalized spacial score (nSPS) is 9.94. The molecule has 2 rings (SSSR count). The van der Waals surface area contributed by atoms with Crippen molar-refractivity contribution in [1.82, 2.24) is 10.1 Å². The summed E-state index contributed by atoms with van der Waals surface area (Å²) in [5.74, 6) is 1.66. The molecule has 16 heavy (non-hydrogen) atoms. The minimum atomic E-state index is 0.170. The van der Waals surface area contributed by atoms with E-state index in [0.717, 1.165) is 4.90 Å². The van der Waals surface area contributed by atoms with E-state index in [-0.39, 0.29) is 6.42 Å². The first-order chi connectivity index (χ1) is 7.88. The molecule has 0 radical (unpaired) electrons. The summed E-state index contributed by atoms with van der Waals surface area (Å²) in [6.07, 6.45) is 0.170. The predicted molar refractivity (Wildman–Crippen MR) is 59.6 cm³/mol. The minimum absolute atomic E-state index is 0.170. The predicted octanol–water partition coefficient (Wildman–Crippen LogP) is 2.43. The van der Waals surface area contributed by atoms with Crippen LogP contribution in [0.25, 0.3) is 0 Å². The molecule has 0 unspecified atom stereocenters. The highest BCUT2D eigenvalue weighted by molar-refractivity contribution is 7.98. The van der Waals surface area contributed by atoms with Gasteiger partial charge in [-0.2, -0.15) is 10.2 Å². The monoisotopic (exact) mass is 231 g/mol. The van der Waals surface area contributed by atoms with Crippen LogP contribution >= 0.6 is 11.8 Å². The van der Waals surface area contributed by atoms with Gasteiger partial charge in [0, 0.05) is 4.90 Å². The molecule has 0 saturated heterocycles. The Labute approximate surface area is 97.3 Å². The van der Waals surface area contributed by atoms with E-state index in [1.54, 1.807) is 11.8 Å². The van der Waals surface area contributed by atoms with Crippen LogP contribution < -0.4 is 0 Å². The van der Waals surface area contributed by atoms with Gasteiger partial charge >= 0.3 is 0 Å². The van der Waals surface area contributed by atoms with Crippen molar-refractivity contribution in [2.75, 3.05) is 0 Å². The summed E-state index contributed by atoms with van der Waals surface area (Å²) in [4.78, 5) is 5.26. The fourth-order valence-electron chi connectivity index (χ4n) is 1.15. The van der Waals surface area contributed by atoms with Gasteiger partial charge in [-0.05, 0) is 12.1 Å². The van der Waals surface area contributed by atoms with Gasteiger partial charge in [0.25, 0.3) is 0 Å². The van der Waals surface area contributed by atoms with Crippen LogP contribution in [0.15, 0.2) is 39.8 Å². The Morgan fingerprint density at radius 2 is 2.12 bits per heavy atom. The van der Waals surface area contributed by atoms with Crippen molar-refractivity contribution in [2.24, 2.45) is 0 Å². The maximum absolute atomic E-state index is 8.45. The van der Waals surface area contributed by atoms with Gasteiger partial charge in [-0.25, -0.2) is 0 Å². The molecule has 4 nitrogen and oxygen atoms in total. The van der Waals surface area contributed by atoms with Gasteiger partial charge in [0.1, 0.15) is 6.42 Å². The summed E-state index contributed by atoms with van der Waals surface area (Å²) >= 11 is 1.64. The van der Waals surface area contributed by atoms with Crippen LogP contribution in [0.2, 0.25) is 0 Å². The van der Waals surface area contributed by atoms with Crippen molar-refractivity contribution in [3.8, 4) is 6.07 Å². The topological polar surface area (TPSA) is 62.7 Å². The highest BCUT2D eigenvalue weighted by Gasteiger charge is 2.05. The first kappa shape index (κ1) is 10.7. The SMILES string of the molecule is N#CCc1nc(CSc2ccccc2)no1. The lowest BCUT2D eigenvalue weighted by molar-refractivity contribution is 0.383. The average molecular weight is 231 g/mol. The highest BCUT2D eigenvalue weighted by Crippen LogP contribution is 2.20. The molecule has 80 valence electrons. The lowest BCUT2D eigenvalue weighted by Crippen LogP contribution is -1.85. The second-order valence-corrected chi connectivity index (χ2v) is 4.09. The van der Waals surface area contributed by atoms with E-state index in [9.17, 15) is 0 Å². The van der Waals surface area contributed by atoms with Crippen molar-refractivity contribution >= 4 is 11.8 Å². The minimum Gasteiger partial charge on any atom is -0.338 e. The zero-order valence-corrected chi connectivity index (χ0v) is 9.28. The fourth-order valence-corrected chi connectivity index (χ4v) is 1.92. The standard InChI is InChI=1S/C11H9N3OS/c12-7-6-11-13-10(14-15-11)8-16-9-4-2-1-3-5-9/h1-5H,6,8H2. The van der Waals surface area contributed by atoms with E-state index in [4.69, 9.17) is 9.78 Å². The molecular weight excluding hydrogens is 222 g/mol. The van der Waals surface area contributed by atoms with Gasteiger partial charge in [0.05, 0.1) is 11.8 Å². The Morgan fingerprint density at radius 3 is 2.88 bits per heavy atom. The first-order valence-corrected chi connectivity index (χ1v) is 5.73. The van der Waals surface area contributed by atoms with Gasteiger partial charge in [-0.1, -0.05) is 23.4 Å². The van der Waals surface area contributed by atoms with Crippen molar-refractivity contribution < 1.29 is 4.52 Å². The number of nitrogens with zero attached hydrogens (tertiary/aromatic N) is 3. The molecule has 2 aromatic rings. The second-order valence-electron chi connectivity index (χ2n) is 3.04. The summed E-state index contributed by atoms with van der Waals surface area (Å²) in [6, 6.07) is 12.0. The van der Waals surface area contributed by atoms with Gasteiger partial charge in [-0.15, -0.1) is 11.8 Å². The van der Waals surface area contributed by atoms with Crippen LogP contribution in [0.4, 0.5) is 0 Å². The third kappa shape index (κ3) is 2.84. The zero-order chi connectivity index (χ0) is 11.2. The summed E-state index contributed by atoms with van der Waals surface area (Å²) in [5, 5.41) is 12.2. The largest absolute Gasteiger partial charge is 0.338 e. The lowest BCUT2D eigenvalue weighted by Gasteiger charge is -1.95. The van der Waals surface area contributed by atoms with E-state index in [2.05, 4.69) is 10.1 Å². The van der Waals surface area contributed by atoms with Crippen LogP contribution in [0.1, 0.15) is 11.7 Å². The number of thioether (sulfide) groups is 1. The Hall–Kier alpha value is -1.80. The summed E-state index contributed by atoms with van der Waals surface area (Å²) < 4.78 is 4.90. The Kier molecular flexibility index (Phi) is 3.57. The number of rotatable bonds is 4. The summed E-state index contributed by atoms with van der Waals surface area (Å²) in [5.41, 5.74) is 0. The van der Waals surface area contributed by atoms with Gasteiger partial charge in [0.2, 0.25) is 5.89 Å². The van der Waals surface area contributed by atoms with Crippen LogP contribution in [-0.2, 0) is 12.2 Å². The molecular formula is C11H9N3OS. The fraction of sp³-hybridized carbons (Fsp3) is 0.182. The molecule has 0 N–H and O–H groups in total. The molecule has 0 amide bonds. The van der Waals surface area contributed by atoms with E-state index in [1.807, 2.05) is 36.4 Å². The Morgan fingerprint density at radius 1 is 1.31 bits per heavy atom. The number of hydrogen-bond donors (Lipinski definition) is 0. The maximum Gasteiger partial charge on any atom is 0.240 e. The van der Waals surface area contributed by atoms with Crippen LogP contribution in [0.5, 0.6) is 0 Å². The summed E-state index contributed by atoms with van der Waals surface area (Å²) in [7, 11) is 0. The summed E-state index contributed by atoms with van der Waals surface area (Å²) in [6.45, 7) is 0. The zero-order valence-electron chi connectivity index (χ0n) is 8.46. The van der Waals surface area contributed by atoms with E-state index < -0.39 is 0 Å². The highest BCUT2D eigenvalue weighted by atomic mass is 32.2. The van der Waals surface area contributed by atoms with Crippen LogP contribution in [-0.4, -0.2) is 10.1 Å². The van der Waals surface area contributed by atoms with Crippen molar-refractivity contribution in [2.45, 2.75) is 17.1 Å². The maximum atomic E-state index is 8.45. The molecule has 0 aliphatic rings. The molecule has 0 atom stereocenters. The Bertz CT molecular complexity index is 489. The third-order valence-electron chi connectivity index (χ3n) is 1.85. The van der Waals surface area contributed by atoms with Crippen molar-refractivity contribution in [1.29, 1.82) is 5.26 Å². The molecule has 0 aliphatic carbocycles. The third-order valence-corrected chi connectivity index (χ3v) is 2.86. The molecule has 0 fully saturated rings. The number of hydrogen-bond acceptors (Lipinski definition) is 5.